The third kappa shape index (κ3) is 2.01. The molecule has 1 aliphatic heterocycles. The molecule has 0 radical (unpaired) electrons. The summed E-state index contributed by atoms with van der Waals surface area (Å²) in [6.45, 7) is 1.19. The number of fused-ring (bicyclic) bond motifs is 1. The van der Waals surface area contributed by atoms with Crippen molar-refractivity contribution in [3.8, 4) is 0 Å². The number of alkyl halides is 1. The van der Waals surface area contributed by atoms with Gasteiger partial charge in [0.1, 0.15) is 17.1 Å². The van der Waals surface area contributed by atoms with Gasteiger partial charge in [0.2, 0.25) is 5.95 Å². The van der Waals surface area contributed by atoms with Crippen LogP contribution < -0.4 is 11.3 Å². The molecule has 4 atom stereocenters. The highest BCUT2D eigenvalue weighted by atomic mass is 35.5. The van der Waals surface area contributed by atoms with Crippen molar-refractivity contribution in [2.75, 3.05) is 12.3 Å². The van der Waals surface area contributed by atoms with Gasteiger partial charge in [-0.05, 0) is 6.92 Å². The van der Waals surface area contributed by atoms with Crippen LogP contribution in [0.5, 0.6) is 0 Å². The zero-order valence-corrected chi connectivity index (χ0v) is 11.8. The van der Waals surface area contributed by atoms with Crippen molar-refractivity contribution in [3.63, 3.8) is 0 Å². The summed E-state index contributed by atoms with van der Waals surface area (Å²) in [5.74, 6) is -0.0669. The van der Waals surface area contributed by atoms with Gasteiger partial charge in [-0.1, -0.05) is 0 Å². The molecule has 10 heteroatoms. The lowest BCUT2D eigenvalue weighted by molar-refractivity contribution is -0.0441. The normalized spacial score (nSPS) is 32.9. The van der Waals surface area contributed by atoms with Crippen molar-refractivity contribution in [2.24, 2.45) is 0 Å². The van der Waals surface area contributed by atoms with Crippen molar-refractivity contribution < 1.29 is 14.9 Å². The molecular formula is C11H14ClN5O4. The Bertz CT molecular complexity index is 742. The molecule has 0 amide bonds. The van der Waals surface area contributed by atoms with E-state index in [0.717, 1.165) is 0 Å². The number of hydrogen-bond donors (Lipinski definition) is 4. The van der Waals surface area contributed by atoms with Crippen LogP contribution >= 0.6 is 11.6 Å². The monoisotopic (exact) mass is 315 g/mol. The lowest BCUT2D eigenvalue weighted by atomic mass is 10.0. The Morgan fingerprint density at radius 3 is 3.00 bits per heavy atom. The maximum absolute atomic E-state index is 11.8. The summed E-state index contributed by atoms with van der Waals surface area (Å²) in [4.78, 5) is 20.9. The van der Waals surface area contributed by atoms with E-state index < -0.39 is 28.9 Å². The summed E-state index contributed by atoms with van der Waals surface area (Å²) in [6.07, 6.45) is -1.45. The molecule has 0 spiro atoms. The van der Waals surface area contributed by atoms with Gasteiger partial charge in [-0.15, -0.1) is 11.6 Å². The van der Waals surface area contributed by atoms with E-state index in [1.165, 1.54) is 10.9 Å². The standard InChI is InChI=1S/C11H14ClN5O4/c1-11(12)6(19)4(2-18)21-9(11)17-3-14-5-7(17)15-10(13)16-8(5)20/h3-4,6,9,18-19H,2H2,1H3,(H3,13,15,16,20)/t4-,6-,9-,11-/m1/s1. The highest BCUT2D eigenvalue weighted by molar-refractivity contribution is 6.24. The topological polar surface area (TPSA) is 139 Å². The van der Waals surface area contributed by atoms with Gasteiger partial charge in [0.25, 0.3) is 5.56 Å². The van der Waals surface area contributed by atoms with E-state index in [-0.39, 0.29) is 23.7 Å². The number of aliphatic hydroxyl groups is 2. The van der Waals surface area contributed by atoms with E-state index in [1.54, 1.807) is 6.92 Å². The van der Waals surface area contributed by atoms with E-state index in [0.29, 0.717) is 0 Å². The summed E-state index contributed by atoms with van der Waals surface area (Å²) >= 11 is 6.35. The minimum absolute atomic E-state index is 0.0669. The smallest absolute Gasteiger partial charge is 0.280 e. The number of halogens is 1. The molecule has 0 aromatic carbocycles. The van der Waals surface area contributed by atoms with Gasteiger partial charge >= 0.3 is 0 Å². The fourth-order valence-corrected chi connectivity index (χ4v) is 2.77. The molecule has 0 bridgehead atoms. The van der Waals surface area contributed by atoms with Gasteiger partial charge in [-0.2, -0.15) is 4.98 Å². The van der Waals surface area contributed by atoms with Crippen LogP contribution in [0.4, 0.5) is 5.95 Å². The number of aliphatic hydroxyl groups excluding tert-OH is 2. The first kappa shape index (κ1) is 14.3. The average molecular weight is 316 g/mol. The number of aromatic amines is 1. The Kier molecular flexibility index (Phi) is 3.17. The summed E-state index contributed by atoms with van der Waals surface area (Å²) in [5, 5.41) is 19.3. The van der Waals surface area contributed by atoms with Crippen LogP contribution in [0.15, 0.2) is 11.1 Å². The second kappa shape index (κ2) is 4.67. The lowest BCUT2D eigenvalue weighted by Crippen LogP contribution is -2.39. The molecule has 1 saturated heterocycles. The van der Waals surface area contributed by atoms with E-state index in [1.807, 2.05) is 0 Å². The number of nitrogen functional groups attached to an aromatic ring is 1. The van der Waals surface area contributed by atoms with Gasteiger partial charge in [0, 0.05) is 0 Å². The molecule has 3 heterocycles. The van der Waals surface area contributed by atoms with Gasteiger partial charge < -0.3 is 20.7 Å². The first-order valence-corrected chi connectivity index (χ1v) is 6.59. The van der Waals surface area contributed by atoms with Crippen LogP contribution in [0.1, 0.15) is 13.2 Å². The van der Waals surface area contributed by atoms with Crippen LogP contribution in [0, 0.1) is 0 Å². The molecule has 0 unspecified atom stereocenters. The van der Waals surface area contributed by atoms with E-state index >= 15 is 0 Å². The number of ether oxygens (including phenoxy) is 1. The van der Waals surface area contributed by atoms with Crippen molar-refractivity contribution in [2.45, 2.75) is 30.2 Å². The third-order valence-electron chi connectivity index (χ3n) is 3.60. The summed E-state index contributed by atoms with van der Waals surface area (Å²) in [6, 6.07) is 0. The fraction of sp³-hybridized carbons (Fsp3) is 0.545. The quantitative estimate of drug-likeness (QED) is 0.518. The van der Waals surface area contributed by atoms with Crippen LogP contribution in [0.3, 0.4) is 0 Å². The Labute approximate surface area is 123 Å². The maximum Gasteiger partial charge on any atom is 0.280 e. The van der Waals surface area contributed by atoms with Crippen molar-refractivity contribution in [1.29, 1.82) is 0 Å². The number of aromatic nitrogens is 4. The van der Waals surface area contributed by atoms with Crippen LogP contribution in [-0.4, -0.2) is 53.4 Å². The van der Waals surface area contributed by atoms with Crippen LogP contribution in [-0.2, 0) is 4.74 Å². The molecule has 2 aromatic rings. The zero-order chi connectivity index (χ0) is 15.4. The van der Waals surface area contributed by atoms with Crippen LogP contribution in [0.25, 0.3) is 11.2 Å². The molecule has 1 fully saturated rings. The largest absolute Gasteiger partial charge is 0.394 e. The number of imidazole rings is 1. The summed E-state index contributed by atoms with van der Waals surface area (Å²) < 4.78 is 6.99. The molecule has 21 heavy (non-hydrogen) atoms. The minimum atomic E-state index is -1.22. The van der Waals surface area contributed by atoms with Crippen molar-refractivity contribution >= 4 is 28.7 Å². The van der Waals surface area contributed by atoms with E-state index in [4.69, 9.17) is 22.1 Å². The van der Waals surface area contributed by atoms with Crippen molar-refractivity contribution in [3.05, 3.63) is 16.7 Å². The minimum Gasteiger partial charge on any atom is -0.394 e. The predicted octanol–water partition coefficient (Wildman–Crippen LogP) is -1.05. The Hall–Kier alpha value is -1.68. The molecule has 1 aliphatic rings. The number of nitrogens with two attached hydrogens (primary N) is 1. The van der Waals surface area contributed by atoms with Gasteiger partial charge in [0.05, 0.1) is 12.9 Å². The second-order valence-electron chi connectivity index (χ2n) is 5.08. The number of nitrogens with zero attached hydrogens (tertiary/aromatic N) is 3. The highest BCUT2D eigenvalue weighted by Gasteiger charge is 2.53. The third-order valence-corrected chi connectivity index (χ3v) is 4.01. The molecular weight excluding hydrogens is 302 g/mol. The molecule has 0 saturated carbocycles. The fourth-order valence-electron chi connectivity index (χ4n) is 2.48. The zero-order valence-electron chi connectivity index (χ0n) is 11.0. The number of anilines is 1. The first-order chi connectivity index (χ1) is 9.86. The summed E-state index contributed by atoms with van der Waals surface area (Å²) in [5.41, 5.74) is 5.33. The SMILES string of the molecule is C[C@@]1(Cl)[C@H](O)[C@@H](CO)O[C@H]1n1cnc2c(=O)[nH]c(N)nc21. The number of H-pyrrole nitrogens is 1. The molecule has 3 rings (SSSR count). The summed E-state index contributed by atoms with van der Waals surface area (Å²) in [7, 11) is 0. The molecule has 5 N–H and O–H groups in total. The maximum atomic E-state index is 11.8. The molecule has 2 aromatic heterocycles. The van der Waals surface area contributed by atoms with E-state index in [2.05, 4.69) is 15.0 Å². The van der Waals surface area contributed by atoms with Gasteiger partial charge in [-0.25, -0.2) is 4.98 Å². The first-order valence-electron chi connectivity index (χ1n) is 6.22. The number of nitrogens with one attached hydrogen (secondary N) is 1. The van der Waals surface area contributed by atoms with E-state index in [9.17, 15) is 15.0 Å². The van der Waals surface area contributed by atoms with Crippen LogP contribution in [0.2, 0.25) is 0 Å². The molecule has 9 nitrogen and oxygen atoms in total. The predicted molar refractivity (Wildman–Crippen MR) is 73.8 cm³/mol. The lowest BCUT2D eigenvalue weighted by Gasteiger charge is -2.26. The average Bonchev–Trinajstić information content (AvgIpc) is 2.91. The molecule has 0 aliphatic carbocycles. The Balaban J connectivity index is 2.15. The second-order valence-corrected chi connectivity index (χ2v) is 5.90. The molecule has 114 valence electrons. The van der Waals surface area contributed by atoms with Crippen molar-refractivity contribution in [1.82, 2.24) is 19.5 Å². The Morgan fingerprint density at radius 2 is 2.38 bits per heavy atom. The Morgan fingerprint density at radius 1 is 1.67 bits per heavy atom. The van der Waals surface area contributed by atoms with Gasteiger partial charge in [0.15, 0.2) is 17.4 Å². The number of rotatable bonds is 2. The number of hydrogen-bond acceptors (Lipinski definition) is 7. The highest BCUT2D eigenvalue weighted by Crippen LogP contribution is 2.43. The van der Waals surface area contributed by atoms with Gasteiger partial charge in [-0.3, -0.25) is 14.3 Å².